The Hall–Kier alpha value is 0.480. The molecule has 0 aromatic rings. The van der Waals surface area contributed by atoms with E-state index in [1.54, 1.807) is 0 Å². The van der Waals surface area contributed by atoms with Gasteiger partial charge in [0.15, 0.2) is 0 Å². The number of alkyl halides is 1. The third-order valence-electron chi connectivity index (χ3n) is 13.4. The average molecular weight is 339 g/mol. The maximum absolute atomic E-state index is 4.62. The van der Waals surface area contributed by atoms with Crippen LogP contribution in [0.2, 0.25) is 0 Å². The smallest absolute Gasteiger partial charge is 0.0359 e. The van der Waals surface area contributed by atoms with Crippen LogP contribution in [0.4, 0.5) is 0 Å². The topological polar surface area (TPSA) is 0 Å². The maximum Gasteiger partial charge on any atom is 0.0359 e. The van der Waals surface area contributed by atoms with Crippen molar-refractivity contribution >= 4 is 15.9 Å². The molecule has 0 aliphatic heterocycles. The van der Waals surface area contributed by atoms with Gasteiger partial charge in [-0.1, -0.05) is 15.9 Å². The Bertz CT molecular complexity index is 611. The standard InChI is InChI=1S/C20H19Br/c21-20-17-11-5-2-1-3-7(5)13(17)15-9(3)10-4(1)8-6(2)12(11)18(20)14(8)16(10)19(15)20/h1-19H/t1?,2?,3?,4?,5-,6-,7-,8+,9+,10+,11-,12+,13+,14+,15+,16-,17?,18?,19?,20?/m0/s1. The van der Waals surface area contributed by atoms with Crippen LogP contribution < -0.4 is 0 Å². The molecular weight excluding hydrogens is 320 g/mol. The Balaban J connectivity index is 1.49. The Morgan fingerprint density at radius 2 is 0.524 bits per heavy atom. The predicted molar refractivity (Wildman–Crippen MR) is 78.0 cm³/mol. The molecule has 0 bridgehead atoms. The molecule has 12 rings (SSSR count). The summed E-state index contributed by atoms with van der Waals surface area (Å²) < 4.78 is 0.713. The highest BCUT2D eigenvalue weighted by atomic mass is 79.9. The molecule has 0 spiro atoms. The Morgan fingerprint density at radius 1 is 0.333 bits per heavy atom. The zero-order chi connectivity index (χ0) is 12.5. The maximum atomic E-state index is 4.62. The first kappa shape index (κ1) is 9.09. The van der Waals surface area contributed by atoms with Gasteiger partial charge in [-0.2, -0.15) is 0 Å². The summed E-state index contributed by atoms with van der Waals surface area (Å²) in [5.41, 5.74) is 0. The molecule has 0 nitrogen and oxygen atoms in total. The molecule has 106 valence electrons. The van der Waals surface area contributed by atoms with E-state index in [9.17, 15) is 0 Å². The van der Waals surface area contributed by atoms with Crippen LogP contribution in [0.15, 0.2) is 0 Å². The lowest BCUT2D eigenvalue weighted by molar-refractivity contribution is 0.198. The second kappa shape index (κ2) is 1.93. The molecule has 21 heavy (non-hydrogen) atoms. The summed E-state index contributed by atoms with van der Waals surface area (Å²) in [5.74, 6) is 24.0. The molecular formula is C20H19Br. The van der Waals surface area contributed by atoms with Crippen molar-refractivity contribution in [1.82, 2.24) is 0 Å². The van der Waals surface area contributed by atoms with Crippen molar-refractivity contribution in [3.63, 3.8) is 0 Å². The first-order chi connectivity index (χ1) is 10.4. The van der Waals surface area contributed by atoms with Crippen molar-refractivity contribution in [3.8, 4) is 0 Å². The van der Waals surface area contributed by atoms with E-state index in [4.69, 9.17) is 0 Å². The van der Waals surface area contributed by atoms with Crippen LogP contribution >= 0.6 is 15.9 Å². The fourth-order valence-corrected chi connectivity index (χ4v) is 17.1. The number of hydrogen-bond donors (Lipinski definition) is 0. The van der Waals surface area contributed by atoms with E-state index in [1.165, 1.54) is 112 Å². The molecule has 0 heterocycles. The fraction of sp³-hybridized carbons (Fsp3) is 1.00. The predicted octanol–water partition coefficient (Wildman–Crippen LogP) is 2.98. The van der Waals surface area contributed by atoms with Gasteiger partial charge in [-0.25, -0.2) is 0 Å². The van der Waals surface area contributed by atoms with Crippen molar-refractivity contribution in [2.75, 3.05) is 0 Å². The lowest BCUT2D eigenvalue weighted by atomic mass is 9.77. The summed E-state index contributed by atoms with van der Waals surface area (Å²) in [6.45, 7) is 0. The van der Waals surface area contributed by atoms with Crippen LogP contribution in [0.1, 0.15) is 0 Å². The van der Waals surface area contributed by atoms with E-state index in [2.05, 4.69) is 15.9 Å². The molecule has 12 fully saturated rings. The van der Waals surface area contributed by atoms with Gasteiger partial charge in [-0.05, 0) is 112 Å². The van der Waals surface area contributed by atoms with E-state index in [0.29, 0.717) is 4.32 Å². The summed E-state index contributed by atoms with van der Waals surface area (Å²) in [4.78, 5) is 0. The SMILES string of the molecule is BrC12C3[C@@H]4[C@@H]5C6C7C8[C@@H]9[C@@H]6[C@@H]4C1[C@H]9[C@@H]1C2[C@H]2[C@@H](C7[C@@H]5[C@@H]32)[C@H]81. The van der Waals surface area contributed by atoms with E-state index in [-0.39, 0.29) is 0 Å². The van der Waals surface area contributed by atoms with Crippen LogP contribution in [-0.2, 0) is 0 Å². The minimum Gasteiger partial charge on any atom is -0.0844 e. The molecule has 1 heteroatoms. The van der Waals surface area contributed by atoms with Crippen LogP contribution in [0, 0.1) is 112 Å². The van der Waals surface area contributed by atoms with Crippen LogP contribution in [0.3, 0.4) is 0 Å². The number of hydrogen-bond acceptors (Lipinski definition) is 0. The molecule has 0 saturated heterocycles. The Labute approximate surface area is 132 Å². The fourth-order valence-electron chi connectivity index (χ4n) is 15.3. The Morgan fingerprint density at radius 3 is 0.762 bits per heavy atom. The molecule has 0 aromatic heterocycles. The third kappa shape index (κ3) is 0.437. The van der Waals surface area contributed by atoms with Gasteiger partial charge in [0, 0.05) is 4.32 Å². The normalized spacial score (nSPS) is 107. The summed E-state index contributed by atoms with van der Waals surface area (Å²) in [6, 6.07) is 0. The molecule has 0 amide bonds. The largest absolute Gasteiger partial charge is 0.0844 e. The lowest BCUT2D eigenvalue weighted by Crippen LogP contribution is -2.36. The Kier molecular flexibility index (Phi) is 0.835. The van der Waals surface area contributed by atoms with Crippen molar-refractivity contribution in [1.29, 1.82) is 0 Å². The van der Waals surface area contributed by atoms with Crippen molar-refractivity contribution in [2.45, 2.75) is 4.32 Å². The highest BCUT2D eigenvalue weighted by Gasteiger charge is 3.01. The zero-order valence-corrected chi connectivity index (χ0v) is 13.4. The summed E-state index contributed by atoms with van der Waals surface area (Å²) in [6.07, 6.45) is 0. The van der Waals surface area contributed by atoms with Crippen LogP contribution in [0.5, 0.6) is 0 Å². The summed E-state index contributed by atoms with van der Waals surface area (Å²) in [7, 11) is 0. The minimum absolute atomic E-state index is 0.713. The van der Waals surface area contributed by atoms with Crippen molar-refractivity contribution in [3.05, 3.63) is 0 Å². The first-order valence-corrected chi connectivity index (χ1v) is 10.8. The zero-order valence-electron chi connectivity index (χ0n) is 11.8. The minimum atomic E-state index is 0.713. The van der Waals surface area contributed by atoms with Gasteiger partial charge in [0.2, 0.25) is 0 Å². The molecule has 0 aromatic carbocycles. The molecule has 8 unspecified atom stereocenters. The van der Waals surface area contributed by atoms with Gasteiger partial charge >= 0.3 is 0 Å². The monoisotopic (exact) mass is 338 g/mol. The highest BCUT2D eigenvalue weighted by molar-refractivity contribution is 9.10. The van der Waals surface area contributed by atoms with Gasteiger partial charge in [-0.3, -0.25) is 0 Å². The molecule has 20 atom stereocenters. The van der Waals surface area contributed by atoms with Crippen molar-refractivity contribution in [2.24, 2.45) is 112 Å². The molecule has 12 aliphatic carbocycles. The second-order valence-corrected chi connectivity index (χ2v) is 13.0. The lowest BCUT2D eigenvalue weighted by Gasteiger charge is -2.34. The van der Waals surface area contributed by atoms with Gasteiger partial charge < -0.3 is 0 Å². The number of rotatable bonds is 0. The van der Waals surface area contributed by atoms with Gasteiger partial charge in [0.25, 0.3) is 0 Å². The molecule has 12 aliphatic rings. The second-order valence-electron chi connectivity index (χ2n) is 11.6. The van der Waals surface area contributed by atoms with Gasteiger partial charge in [0.1, 0.15) is 0 Å². The number of halogens is 1. The van der Waals surface area contributed by atoms with E-state index < -0.39 is 0 Å². The highest BCUT2D eigenvalue weighted by Crippen LogP contribution is 3.03. The molecule has 12 saturated carbocycles. The van der Waals surface area contributed by atoms with E-state index in [1.807, 2.05) is 0 Å². The molecule has 0 N–H and O–H groups in total. The summed E-state index contributed by atoms with van der Waals surface area (Å²) in [5, 5.41) is 0. The van der Waals surface area contributed by atoms with E-state index in [0.717, 1.165) is 0 Å². The van der Waals surface area contributed by atoms with Gasteiger partial charge in [-0.15, -0.1) is 0 Å². The van der Waals surface area contributed by atoms with Crippen LogP contribution in [0.25, 0.3) is 0 Å². The van der Waals surface area contributed by atoms with Crippen molar-refractivity contribution < 1.29 is 0 Å². The van der Waals surface area contributed by atoms with Gasteiger partial charge in [0.05, 0.1) is 0 Å². The third-order valence-corrected chi connectivity index (χ3v) is 14.9. The molecule has 0 radical (unpaired) electrons. The summed E-state index contributed by atoms with van der Waals surface area (Å²) >= 11 is 4.62. The quantitative estimate of drug-likeness (QED) is 0.595. The average Bonchev–Trinajstić information content (AvgIpc) is 3.10. The van der Waals surface area contributed by atoms with Crippen LogP contribution in [-0.4, -0.2) is 4.32 Å². The first-order valence-electron chi connectivity index (χ1n) is 10.1. The van der Waals surface area contributed by atoms with E-state index >= 15 is 0 Å².